The molecule has 1 amide bonds. The van der Waals surface area contributed by atoms with Crippen LogP contribution >= 0.6 is 0 Å². The van der Waals surface area contributed by atoms with Gasteiger partial charge in [-0.25, -0.2) is 0 Å². The number of carbonyl (C=O) groups excluding carboxylic acids is 1. The minimum Gasteiger partial charge on any atom is -0.381 e. The maximum Gasteiger partial charge on any atom is 0.230 e. The maximum absolute atomic E-state index is 13.3. The minimum absolute atomic E-state index is 0.0606. The lowest BCUT2D eigenvalue weighted by molar-refractivity contribution is -0.145. The molecule has 3 heterocycles. The summed E-state index contributed by atoms with van der Waals surface area (Å²) in [5.41, 5.74) is 0.315. The van der Waals surface area contributed by atoms with Gasteiger partial charge in [0.05, 0.1) is 5.41 Å². The van der Waals surface area contributed by atoms with Gasteiger partial charge in [-0.05, 0) is 50.0 Å². The summed E-state index contributed by atoms with van der Waals surface area (Å²) in [6, 6.07) is 0. The second kappa shape index (κ2) is 5.24. The maximum atomic E-state index is 13.3. The third-order valence-corrected chi connectivity index (χ3v) is 6.74. The van der Waals surface area contributed by atoms with Crippen LogP contribution in [0.4, 0.5) is 0 Å². The van der Waals surface area contributed by atoms with Gasteiger partial charge in [-0.1, -0.05) is 12.8 Å². The second-order valence-corrected chi connectivity index (χ2v) is 7.82. The van der Waals surface area contributed by atoms with Crippen LogP contribution < -0.4 is 5.32 Å². The number of ether oxygens (including phenoxy) is 1. The highest BCUT2D eigenvalue weighted by Gasteiger charge is 2.53. The highest BCUT2D eigenvalue weighted by molar-refractivity contribution is 5.84. The minimum atomic E-state index is -0.0606. The van der Waals surface area contributed by atoms with Crippen LogP contribution in [0.5, 0.6) is 0 Å². The van der Waals surface area contributed by atoms with E-state index in [4.69, 9.17) is 4.74 Å². The average Bonchev–Trinajstić information content (AvgIpc) is 3.13. The van der Waals surface area contributed by atoms with Crippen LogP contribution in [-0.2, 0) is 9.53 Å². The summed E-state index contributed by atoms with van der Waals surface area (Å²) in [6.45, 7) is 5.72. The molecule has 2 atom stereocenters. The lowest BCUT2D eigenvalue weighted by Crippen LogP contribution is -2.49. The van der Waals surface area contributed by atoms with Gasteiger partial charge in [0, 0.05) is 32.8 Å². The first-order valence-electron chi connectivity index (χ1n) is 8.82. The van der Waals surface area contributed by atoms with Crippen molar-refractivity contribution in [1.82, 2.24) is 10.2 Å². The first kappa shape index (κ1) is 14.0. The van der Waals surface area contributed by atoms with Gasteiger partial charge in [0.2, 0.25) is 5.91 Å². The number of amides is 1. The SMILES string of the molecule is O=C(N1CCC2(CCOCC2)C1)[C@@]12CCCC[C@H]1CNC2. The molecular weight excluding hydrogens is 264 g/mol. The molecule has 0 radical (unpaired) electrons. The second-order valence-electron chi connectivity index (χ2n) is 7.82. The molecule has 1 spiro atoms. The Kier molecular flexibility index (Phi) is 3.49. The van der Waals surface area contributed by atoms with Crippen LogP contribution in [-0.4, -0.2) is 50.2 Å². The molecule has 4 nitrogen and oxygen atoms in total. The zero-order chi connectivity index (χ0) is 14.3. The summed E-state index contributed by atoms with van der Waals surface area (Å²) in [5.74, 6) is 1.06. The Morgan fingerprint density at radius 2 is 2.00 bits per heavy atom. The molecular formula is C17H28N2O2. The lowest BCUT2D eigenvalue weighted by atomic mass is 9.67. The standard InChI is InChI=1S/C17H28N2O2/c20-15(17-4-2-1-3-14(17)11-18-12-17)19-8-5-16(13-19)6-9-21-10-7-16/h14,18H,1-13H2/t14-,17+/m0/s1. The fourth-order valence-corrected chi connectivity index (χ4v) is 5.30. The van der Waals surface area contributed by atoms with Gasteiger partial charge < -0.3 is 15.0 Å². The summed E-state index contributed by atoms with van der Waals surface area (Å²) in [5, 5.41) is 3.51. The molecule has 0 bridgehead atoms. The average molecular weight is 292 g/mol. The van der Waals surface area contributed by atoms with Gasteiger partial charge in [-0.15, -0.1) is 0 Å². The molecule has 0 aromatic carbocycles. The van der Waals surface area contributed by atoms with Gasteiger partial charge in [-0.2, -0.15) is 0 Å². The number of fused-ring (bicyclic) bond motifs is 1. The molecule has 0 aromatic rings. The Labute approximate surface area is 127 Å². The quantitative estimate of drug-likeness (QED) is 0.801. The van der Waals surface area contributed by atoms with Crippen LogP contribution in [0.15, 0.2) is 0 Å². The van der Waals surface area contributed by atoms with Crippen LogP contribution in [0.2, 0.25) is 0 Å². The molecule has 118 valence electrons. The number of nitrogens with zero attached hydrogens (tertiary/aromatic N) is 1. The molecule has 3 saturated heterocycles. The van der Waals surface area contributed by atoms with Gasteiger partial charge in [0.1, 0.15) is 0 Å². The number of carbonyl (C=O) groups is 1. The van der Waals surface area contributed by atoms with Crippen molar-refractivity contribution >= 4 is 5.91 Å². The van der Waals surface area contributed by atoms with Crippen molar-refractivity contribution in [2.75, 3.05) is 39.4 Å². The van der Waals surface area contributed by atoms with Crippen LogP contribution in [0.3, 0.4) is 0 Å². The predicted molar refractivity (Wildman–Crippen MR) is 80.9 cm³/mol. The largest absolute Gasteiger partial charge is 0.381 e. The molecule has 1 aliphatic carbocycles. The summed E-state index contributed by atoms with van der Waals surface area (Å²) in [4.78, 5) is 15.5. The van der Waals surface area contributed by atoms with Crippen LogP contribution in [0.1, 0.15) is 44.9 Å². The third-order valence-electron chi connectivity index (χ3n) is 6.74. The number of rotatable bonds is 1. The predicted octanol–water partition coefficient (Wildman–Crippen LogP) is 1.80. The Bertz CT molecular complexity index is 419. The van der Waals surface area contributed by atoms with Gasteiger partial charge in [-0.3, -0.25) is 4.79 Å². The number of likely N-dealkylation sites (tertiary alicyclic amines) is 1. The van der Waals surface area contributed by atoms with Crippen molar-refractivity contribution in [2.45, 2.75) is 44.9 Å². The van der Waals surface area contributed by atoms with Crippen LogP contribution in [0, 0.1) is 16.7 Å². The molecule has 0 aromatic heterocycles. The zero-order valence-electron chi connectivity index (χ0n) is 13.0. The van der Waals surface area contributed by atoms with E-state index in [0.29, 0.717) is 17.2 Å². The van der Waals surface area contributed by atoms with Gasteiger partial charge in [0.15, 0.2) is 0 Å². The first-order valence-corrected chi connectivity index (χ1v) is 8.82. The smallest absolute Gasteiger partial charge is 0.230 e. The Morgan fingerprint density at radius 3 is 2.86 bits per heavy atom. The van der Waals surface area contributed by atoms with Crippen LogP contribution in [0.25, 0.3) is 0 Å². The molecule has 1 saturated carbocycles. The van der Waals surface area contributed by atoms with E-state index in [2.05, 4.69) is 10.2 Å². The highest BCUT2D eigenvalue weighted by atomic mass is 16.5. The fourth-order valence-electron chi connectivity index (χ4n) is 5.30. The molecule has 4 heteroatoms. The van der Waals surface area contributed by atoms with E-state index in [-0.39, 0.29) is 5.41 Å². The third kappa shape index (κ3) is 2.22. The molecule has 4 rings (SSSR count). The van der Waals surface area contributed by atoms with Crippen molar-refractivity contribution in [3.05, 3.63) is 0 Å². The molecule has 4 aliphatic rings. The van der Waals surface area contributed by atoms with Crippen molar-refractivity contribution in [3.8, 4) is 0 Å². The monoisotopic (exact) mass is 292 g/mol. The molecule has 3 aliphatic heterocycles. The fraction of sp³-hybridized carbons (Fsp3) is 0.941. The van der Waals surface area contributed by atoms with E-state index in [1.165, 1.54) is 25.7 Å². The first-order chi connectivity index (χ1) is 10.2. The molecule has 21 heavy (non-hydrogen) atoms. The van der Waals surface area contributed by atoms with Gasteiger partial charge in [0.25, 0.3) is 0 Å². The Balaban J connectivity index is 1.50. The van der Waals surface area contributed by atoms with E-state index in [1.54, 1.807) is 0 Å². The normalized spacial score (nSPS) is 38.7. The van der Waals surface area contributed by atoms with Crippen molar-refractivity contribution in [3.63, 3.8) is 0 Å². The zero-order valence-corrected chi connectivity index (χ0v) is 13.0. The van der Waals surface area contributed by atoms with E-state index in [9.17, 15) is 4.79 Å². The molecule has 1 N–H and O–H groups in total. The highest BCUT2D eigenvalue weighted by Crippen LogP contribution is 2.47. The van der Waals surface area contributed by atoms with Crippen molar-refractivity contribution in [1.29, 1.82) is 0 Å². The molecule has 0 unspecified atom stereocenters. The van der Waals surface area contributed by atoms with E-state index in [1.807, 2.05) is 0 Å². The number of hydrogen-bond acceptors (Lipinski definition) is 3. The van der Waals surface area contributed by atoms with E-state index < -0.39 is 0 Å². The van der Waals surface area contributed by atoms with Crippen molar-refractivity contribution < 1.29 is 9.53 Å². The van der Waals surface area contributed by atoms with Gasteiger partial charge >= 0.3 is 0 Å². The Morgan fingerprint density at radius 1 is 1.14 bits per heavy atom. The Hall–Kier alpha value is -0.610. The summed E-state index contributed by atoms with van der Waals surface area (Å²) in [6.07, 6.45) is 8.37. The summed E-state index contributed by atoms with van der Waals surface area (Å²) in [7, 11) is 0. The number of hydrogen-bond donors (Lipinski definition) is 1. The summed E-state index contributed by atoms with van der Waals surface area (Å²) >= 11 is 0. The lowest BCUT2D eigenvalue weighted by Gasteiger charge is -2.40. The number of nitrogens with one attached hydrogen (secondary N) is 1. The van der Waals surface area contributed by atoms with E-state index >= 15 is 0 Å². The summed E-state index contributed by atoms with van der Waals surface area (Å²) < 4.78 is 5.52. The topological polar surface area (TPSA) is 41.6 Å². The molecule has 4 fully saturated rings. The van der Waals surface area contributed by atoms with E-state index in [0.717, 1.165) is 58.7 Å². The van der Waals surface area contributed by atoms with Crippen molar-refractivity contribution in [2.24, 2.45) is 16.7 Å².